The average molecular weight is 219 g/mol. The first-order chi connectivity index (χ1) is 8.40. The van der Waals surface area contributed by atoms with Crippen LogP contribution in [-0.4, -0.2) is 9.97 Å². The van der Waals surface area contributed by atoms with Gasteiger partial charge in [0, 0.05) is 23.2 Å². The zero-order chi connectivity index (χ0) is 11.7. The van der Waals surface area contributed by atoms with Crippen LogP contribution in [0.4, 0.5) is 0 Å². The van der Waals surface area contributed by atoms with Crippen LogP contribution in [0.1, 0.15) is 5.56 Å². The van der Waals surface area contributed by atoms with E-state index in [9.17, 15) is 0 Å². The Morgan fingerprint density at radius 2 is 1.82 bits per heavy atom. The summed E-state index contributed by atoms with van der Waals surface area (Å²) in [6.07, 6.45) is 3.92. The van der Waals surface area contributed by atoms with Gasteiger partial charge >= 0.3 is 0 Å². The van der Waals surface area contributed by atoms with Gasteiger partial charge in [0.15, 0.2) is 0 Å². The SMILES string of the molecule is N#CCc1ccnc2ccc3ncccc3c12. The summed E-state index contributed by atoms with van der Waals surface area (Å²) in [7, 11) is 0. The van der Waals surface area contributed by atoms with Crippen LogP contribution >= 0.6 is 0 Å². The molecule has 0 spiro atoms. The fraction of sp³-hybridized carbons (Fsp3) is 0.0714. The quantitative estimate of drug-likeness (QED) is 0.591. The molecule has 0 aliphatic carbocycles. The van der Waals surface area contributed by atoms with Crippen molar-refractivity contribution in [2.24, 2.45) is 0 Å². The van der Waals surface area contributed by atoms with Gasteiger partial charge in [0.05, 0.1) is 23.5 Å². The second kappa shape index (κ2) is 3.84. The van der Waals surface area contributed by atoms with Crippen molar-refractivity contribution in [1.82, 2.24) is 9.97 Å². The normalized spacial score (nSPS) is 10.5. The molecule has 3 aromatic rings. The molecule has 3 heteroatoms. The summed E-state index contributed by atoms with van der Waals surface area (Å²) in [6, 6.07) is 11.9. The Balaban J connectivity index is 2.51. The van der Waals surface area contributed by atoms with E-state index in [4.69, 9.17) is 5.26 Å². The van der Waals surface area contributed by atoms with Crippen molar-refractivity contribution in [2.75, 3.05) is 0 Å². The van der Waals surface area contributed by atoms with Gasteiger partial charge in [-0.2, -0.15) is 5.26 Å². The van der Waals surface area contributed by atoms with E-state index in [0.29, 0.717) is 6.42 Å². The van der Waals surface area contributed by atoms with Gasteiger partial charge in [-0.1, -0.05) is 6.07 Å². The van der Waals surface area contributed by atoms with E-state index in [1.54, 1.807) is 12.4 Å². The predicted octanol–water partition coefficient (Wildman–Crippen LogP) is 2.85. The minimum atomic E-state index is 0.396. The van der Waals surface area contributed by atoms with Crippen LogP contribution in [0.3, 0.4) is 0 Å². The zero-order valence-electron chi connectivity index (χ0n) is 9.09. The van der Waals surface area contributed by atoms with Gasteiger partial charge in [-0.05, 0) is 29.8 Å². The molecule has 0 aliphatic heterocycles. The van der Waals surface area contributed by atoms with E-state index in [1.165, 1.54) is 0 Å². The maximum atomic E-state index is 8.87. The van der Waals surface area contributed by atoms with E-state index in [-0.39, 0.29) is 0 Å². The van der Waals surface area contributed by atoms with Crippen LogP contribution in [0.15, 0.2) is 42.7 Å². The molecule has 17 heavy (non-hydrogen) atoms. The molecule has 80 valence electrons. The standard InChI is InChI=1S/C14H9N3/c15-7-5-10-6-9-17-13-4-3-12-11(14(10)13)2-1-8-16-12/h1-4,6,8-9H,5H2. The third-order valence-corrected chi connectivity index (χ3v) is 2.84. The molecule has 2 aromatic heterocycles. The van der Waals surface area contributed by atoms with Crippen LogP contribution in [0, 0.1) is 11.3 Å². The van der Waals surface area contributed by atoms with Crippen molar-refractivity contribution in [1.29, 1.82) is 5.26 Å². The second-order valence-electron chi connectivity index (χ2n) is 3.83. The second-order valence-corrected chi connectivity index (χ2v) is 3.83. The molecular formula is C14H9N3. The fourth-order valence-electron chi connectivity index (χ4n) is 2.11. The van der Waals surface area contributed by atoms with Crippen molar-refractivity contribution >= 4 is 21.8 Å². The highest BCUT2D eigenvalue weighted by atomic mass is 14.7. The fourth-order valence-corrected chi connectivity index (χ4v) is 2.11. The summed E-state index contributed by atoms with van der Waals surface area (Å²) in [5.41, 5.74) is 2.86. The first-order valence-corrected chi connectivity index (χ1v) is 5.38. The van der Waals surface area contributed by atoms with Crippen molar-refractivity contribution in [2.45, 2.75) is 6.42 Å². The number of aromatic nitrogens is 2. The Kier molecular flexibility index (Phi) is 2.20. The van der Waals surface area contributed by atoms with Gasteiger partial charge in [0.1, 0.15) is 0 Å². The van der Waals surface area contributed by atoms with E-state index >= 15 is 0 Å². The zero-order valence-corrected chi connectivity index (χ0v) is 9.09. The van der Waals surface area contributed by atoms with Crippen molar-refractivity contribution < 1.29 is 0 Å². The maximum Gasteiger partial charge on any atom is 0.0712 e. The lowest BCUT2D eigenvalue weighted by molar-refractivity contribution is 1.26. The largest absolute Gasteiger partial charge is 0.256 e. The first-order valence-electron chi connectivity index (χ1n) is 5.38. The Morgan fingerprint density at radius 1 is 1.00 bits per heavy atom. The molecule has 0 amide bonds. The Morgan fingerprint density at radius 3 is 2.71 bits per heavy atom. The monoisotopic (exact) mass is 219 g/mol. The van der Waals surface area contributed by atoms with Crippen molar-refractivity contribution in [3.63, 3.8) is 0 Å². The molecule has 0 radical (unpaired) electrons. The van der Waals surface area contributed by atoms with Crippen LogP contribution in [0.2, 0.25) is 0 Å². The third-order valence-electron chi connectivity index (χ3n) is 2.84. The van der Waals surface area contributed by atoms with Gasteiger partial charge in [-0.15, -0.1) is 0 Å². The molecule has 1 aromatic carbocycles. The van der Waals surface area contributed by atoms with Gasteiger partial charge < -0.3 is 0 Å². The first kappa shape index (κ1) is 9.73. The number of hydrogen-bond donors (Lipinski definition) is 0. The van der Waals surface area contributed by atoms with Crippen LogP contribution in [-0.2, 0) is 6.42 Å². The van der Waals surface area contributed by atoms with E-state index in [0.717, 1.165) is 27.4 Å². The molecule has 0 bridgehead atoms. The summed E-state index contributed by atoms with van der Waals surface area (Å²) >= 11 is 0. The topological polar surface area (TPSA) is 49.6 Å². The highest BCUT2D eigenvalue weighted by Crippen LogP contribution is 2.25. The molecular weight excluding hydrogens is 210 g/mol. The van der Waals surface area contributed by atoms with Gasteiger partial charge in [0.2, 0.25) is 0 Å². The van der Waals surface area contributed by atoms with E-state index < -0.39 is 0 Å². The number of benzene rings is 1. The molecule has 0 saturated heterocycles. The molecule has 3 rings (SSSR count). The Bertz CT molecular complexity index is 741. The number of rotatable bonds is 1. The average Bonchev–Trinajstić information content (AvgIpc) is 2.39. The molecule has 0 atom stereocenters. The number of nitriles is 1. The summed E-state index contributed by atoms with van der Waals surface area (Å²) in [6.45, 7) is 0. The molecule has 0 saturated carbocycles. The maximum absolute atomic E-state index is 8.87. The number of fused-ring (bicyclic) bond motifs is 3. The Labute approximate surface area is 98.4 Å². The van der Waals surface area contributed by atoms with Gasteiger partial charge in [-0.3, -0.25) is 9.97 Å². The summed E-state index contributed by atoms with van der Waals surface area (Å²) in [4.78, 5) is 8.66. The molecule has 2 heterocycles. The lowest BCUT2D eigenvalue weighted by atomic mass is 10.0. The van der Waals surface area contributed by atoms with Crippen molar-refractivity contribution in [3.05, 3.63) is 48.3 Å². The molecule has 0 N–H and O–H groups in total. The van der Waals surface area contributed by atoms with Gasteiger partial charge in [-0.25, -0.2) is 0 Å². The van der Waals surface area contributed by atoms with Gasteiger partial charge in [0.25, 0.3) is 0 Å². The highest BCUT2D eigenvalue weighted by Gasteiger charge is 2.06. The predicted molar refractivity (Wildman–Crippen MR) is 66.4 cm³/mol. The summed E-state index contributed by atoms with van der Waals surface area (Å²) in [5.74, 6) is 0. The third kappa shape index (κ3) is 1.51. The van der Waals surface area contributed by atoms with Crippen molar-refractivity contribution in [3.8, 4) is 6.07 Å². The van der Waals surface area contributed by atoms with E-state index in [2.05, 4.69) is 16.0 Å². The molecule has 0 aliphatic rings. The summed E-state index contributed by atoms with van der Waals surface area (Å²) in [5, 5.41) is 11.0. The lowest BCUT2D eigenvalue weighted by Crippen LogP contribution is -1.89. The Hall–Kier alpha value is -2.47. The van der Waals surface area contributed by atoms with Crippen LogP contribution < -0.4 is 0 Å². The number of hydrogen-bond acceptors (Lipinski definition) is 3. The number of pyridine rings is 2. The van der Waals surface area contributed by atoms with Crippen LogP contribution in [0.25, 0.3) is 21.8 Å². The highest BCUT2D eigenvalue weighted by molar-refractivity contribution is 6.06. The minimum absolute atomic E-state index is 0.396. The molecule has 0 unspecified atom stereocenters. The minimum Gasteiger partial charge on any atom is -0.256 e. The lowest BCUT2D eigenvalue weighted by Gasteiger charge is -2.05. The molecule has 3 nitrogen and oxygen atoms in total. The van der Waals surface area contributed by atoms with E-state index in [1.807, 2.05) is 30.3 Å². The summed E-state index contributed by atoms with van der Waals surface area (Å²) < 4.78 is 0. The molecule has 0 fully saturated rings. The number of nitrogens with zero attached hydrogens (tertiary/aromatic N) is 3. The van der Waals surface area contributed by atoms with Crippen LogP contribution in [0.5, 0.6) is 0 Å². The smallest absolute Gasteiger partial charge is 0.0712 e.